The summed E-state index contributed by atoms with van der Waals surface area (Å²) in [5.74, 6) is -2.14. The molecule has 1 rings (SSSR count). The molecule has 0 saturated heterocycles. The topological polar surface area (TPSA) is 139 Å². The summed E-state index contributed by atoms with van der Waals surface area (Å²) in [5, 5.41) is 11.3. The molecule has 0 aliphatic rings. The number of nitrogen functional groups attached to an aromatic ring is 1. The molecule has 8 nitrogen and oxygen atoms in total. The number of aromatic nitrogens is 1. The predicted molar refractivity (Wildman–Crippen MR) is 76.2 cm³/mol. The van der Waals surface area contributed by atoms with Crippen LogP contribution in [0, 0.1) is 0 Å². The maximum absolute atomic E-state index is 11.7. The van der Waals surface area contributed by atoms with Crippen LogP contribution in [-0.4, -0.2) is 48.4 Å². The average molecular weight is 315 g/mol. The first-order valence-corrected chi connectivity index (χ1v) is 8.14. The molecular weight excluding hydrogens is 298 g/mol. The minimum atomic E-state index is -3.29. The van der Waals surface area contributed by atoms with E-state index >= 15 is 0 Å². The summed E-state index contributed by atoms with van der Waals surface area (Å²) >= 11 is 0. The third-order valence-electron chi connectivity index (χ3n) is 2.60. The van der Waals surface area contributed by atoms with Gasteiger partial charge >= 0.3 is 5.97 Å². The van der Waals surface area contributed by atoms with Crippen LogP contribution in [-0.2, 0) is 25.8 Å². The van der Waals surface area contributed by atoms with Crippen molar-refractivity contribution in [3.63, 3.8) is 0 Å². The second kappa shape index (κ2) is 7.02. The van der Waals surface area contributed by atoms with Gasteiger partial charge in [-0.05, 0) is 18.6 Å². The normalized spacial score (nSPS) is 12.6. The number of carboxylic acids is 1. The van der Waals surface area contributed by atoms with E-state index in [4.69, 9.17) is 10.8 Å². The van der Waals surface area contributed by atoms with Crippen LogP contribution in [0.25, 0.3) is 0 Å². The second-order valence-corrected chi connectivity index (χ2v) is 6.90. The molecule has 1 atom stereocenters. The minimum Gasteiger partial charge on any atom is -0.480 e. The van der Waals surface area contributed by atoms with E-state index < -0.39 is 27.8 Å². The molecule has 116 valence electrons. The van der Waals surface area contributed by atoms with Gasteiger partial charge in [-0.15, -0.1) is 0 Å². The molecule has 0 aliphatic carbocycles. The number of amides is 1. The van der Waals surface area contributed by atoms with Crippen molar-refractivity contribution in [2.45, 2.75) is 18.9 Å². The maximum atomic E-state index is 11.7. The van der Waals surface area contributed by atoms with E-state index in [1.165, 1.54) is 6.20 Å². The first-order chi connectivity index (χ1) is 9.67. The third-order valence-corrected chi connectivity index (χ3v) is 3.58. The fraction of sp³-hybridized carbons (Fsp3) is 0.417. The second-order valence-electron chi connectivity index (χ2n) is 4.64. The van der Waals surface area contributed by atoms with Crippen LogP contribution in [0.1, 0.15) is 12.1 Å². The summed E-state index contributed by atoms with van der Waals surface area (Å²) in [7, 11) is -3.29. The molecule has 0 bridgehead atoms. The van der Waals surface area contributed by atoms with Gasteiger partial charge in [-0.25, -0.2) is 13.2 Å². The van der Waals surface area contributed by atoms with Gasteiger partial charge in [-0.2, -0.15) is 0 Å². The van der Waals surface area contributed by atoms with Crippen molar-refractivity contribution in [3.05, 3.63) is 24.0 Å². The Labute approximate surface area is 122 Å². The Bertz CT molecular complexity index is 612. The molecule has 1 aromatic rings. The van der Waals surface area contributed by atoms with Crippen molar-refractivity contribution in [1.82, 2.24) is 10.3 Å². The zero-order valence-corrected chi connectivity index (χ0v) is 12.3. The van der Waals surface area contributed by atoms with Crippen molar-refractivity contribution in [3.8, 4) is 0 Å². The summed E-state index contributed by atoms with van der Waals surface area (Å²) in [5.41, 5.74) is 6.35. The largest absolute Gasteiger partial charge is 0.480 e. The van der Waals surface area contributed by atoms with Crippen molar-refractivity contribution >= 4 is 27.4 Å². The summed E-state index contributed by atoms with van der Waals surface area (Å²) in [4.78, 5) is 26.7. The standard InChI is InChI=1S/C12H17N3O5S/c1-21(19,20)5-4-10(12(17)18)15-11(16)6-9-3-2-8(13)7-14-9/h2-3,7,10H,4-6,13H2,1H3,(H,15,16)(H,17,18). The highest BCUT2D eigenvalue weighted by molar-refractivity contribution is 7.90. The number of nitrogens with zero attached hydrogens (tertiary/aromatic N) is 1. The lowest BCUT2D eigenvalue weighted by molar-refractivity contribution is -0.141. The van der Waals surface area contributed by atoms with Gasteiger partial charge in [0.05, 0.1) is 24.1 Å². The van der Waals surface area contributed by atoms with Gasteiger partial charge in [0.25, 0.3) is 0 Å². The highest BCUT2D eigenvalue weighted by Gasteiger charge is 2.21. The van der Waals surface area contributed by atoms with Gasteiger partial charge < -0.3 is 16.2 Å². The Morgan fingerprint density at radius 3 is 2.57 bits per heavy atom. The van der Waals surface area contributed by atoms with E-state index in [-0.39, 0.29) is 18.6 Å². The molecule has 0 radical (unpaired) electrons. The number of rotatable bonds is 7. The number of sulfone groups is 1. The summed E-state index contributed by atoms with van der Waals surface area (Å²) in [6, 6.07) is 1.88. The lowest BCUT2D eigenvalue weighted by Gasteiger charge is -2.13. The van der Waals surface area contributed by atoms with Gasteiger partial charge in [-0.1, -0.05) is 0 Å². The number of carboxylic acid groups (broad SMARTS) is 1. The molecular formula is C12H17N3O5S. The lowest BCUT2D eigenvalue weighted by Crippen LogP contribution is -2.42. The van der Waals surface area contributed by atoms with Crippen molar-refractivity contribution in [1.29, 1.82) is 0 Å². The molecule has 0 fully saturated rings. The number of hydrogen-bond acceptors (Lipinski definition) is 6. The Balaban J connectivity index is 2.60. The molecule has 1 aromatic heterocycles. The molecule has 4 N–H and O–H groups in total. The molecule has 1 unspecified atom stereocenters. The summed E-state index contributed by atoms with van der Waals surface area (Å²) in [6.07, 6.45) is 2.10. The van der Waals surface area contributed by atoms with Crippen LogP contribution in [0.3, 0.4) is 0 Å². The molecule has 0 aromatic carbocycles. The van der Waals surface area contributed by atoms with E-state index in [0.717, 1.165) is 6.26 Å². The molecule has 1 heterocycles. The summed E-state index contributed by atoms with van der Waals surface area (Å²) in [6.45, 7) is 0. The van der Waals surface area contributed by atoms with Gasteiger partial charge in [0.15, 0.2) is 0 Å². The highest BCUT2D eigenvalue weighted by Crippen LogP contribution is 2.03. The molecule has 9 heteroatoms. The van der Waals surface area contributed by atoms with Gasteiger partial charge in [0.2, 0.25) is 5.91 Å². The van der Waals surface area contributed by atoms with Crippen LogP contribution in [0.4, 0.5) is 5.69 Å². The Kier molecular flexibility index (Phi) is 5.65. The Morgan fingerprint density at radius 2 is 2.10 bits per heavy atom. The van der Waals surface area contributed by atoms with E-state index in [9.17, 15) is 18.0 Å². The molecule has 0 spiro atoms. The number of nitrogens with one attached hydrogen (secondary N) is 1. The van der Waals surface area contributed by atoms with Crippen LogP contribution >= 0.6 is 0 Å². The smallest absolute Gasteiger partial charge is 0.326 e. The lowest BCUT2D eigenvalue weighted by atomic mass is 10.2. The van der Waals surface area contributed by atoms with Gasteiger partial charge in [0.1, 0.15) is 15.9 Å². The molecule has 1 amide bonds. The number of nitrogens with two attached hydrogens (primary N) is 1. The summed E-state index contributed by atoms with van der Waals surface area (Å²) < 4.78 is 22.1. The van der Waals surface area contributed by atoms with Crippen LogP contribution in [0.2, 0.25) is 0 Å². The SMILES string of the molecule is CS(=O)(=O)CCC(NC(=O)Cc1ccc(N)cn1)C(=O)O. The zero-order valence-electron chi connectivity index (χ0n) is 11.4. The van der Waals surface area contributed by atoms with Crippen LogP contribution in [0.15, 0.2) is 18.3 Å². The van der Waals surface area contributed by atoms with Crippen molar-refractivity contribution in [2.75, 3.05) is 17.7 Å². The number of carbonyl (C=O) groups is 2. The van der Waals surface area contributed by atoms with Crippen molar-refractivity contribution < 1.29 is 23.1 Å². The van der Waals surface area contributed by atoms with Crippen molar-refractivity contribution in [2.24, 2.45) is 0 Å². The average Bonchev–Trinajstić information content (AvgIpc) is 2.36. The van der Waals surface area contributed by atoms with E-state index in [0.29, 0.717) is 11.4 Å². The van der Waals surface area contributed by atoms with Crippen LogP contribution in [0.5, 0.6) is 0 Å². The van der Waals surface area contributed by atoms with Gasteiger partial charge in [0, 0.05) is 11.9 Å². The molecule has 0 saturated carbocycles. The number of carbonyl (C=O) groups excluding carboxylic acids is 1. The predicted octanol–water partition coefficient (Wildman–Crippen LogP) is -0.790. The zero-order chi connectivity index (χ0) is 16.0. The monoisotopic (exact) mass is 315 g/mol. The quantitative estimate of drug-likeness (QED) is 0.599. The number of aliphatic carboxylic acids is 1. The molecule has 0 aliphatic heterocycles. The Morgan fingerprint density at radius 1 is 1.43 bits per heavy atom. The number of pyridine rings is 1. The number of hydrogen-bond donors (Lipinski definition) is 3. The Hall–Kier alpha value is -2.16. The molecule has 21 heavy (non-hydrogen) atoms. The number of anilines is 1. The van der Waals surface area contributed by atoms with E-state index in [2.05, 4.69) is 10.3 Å². The van der Waals surface area contributed by atoms with E-state index in [1.54, 1.807) is 12.1 Å². The minimum absolute atomic E-state index is 0.108. The maximum Gasteiger partial charge on any atom is 0.326 e. The fourth-order valence-corrected chi connectivity index (χ4v) is 2.20. The first-order valence-electron chi connectivity index (χ1n) is 6.07. The first kappa shape index (κ1) is 16.9. The van der Waals surface area contributed by atoms with Gasteiger partial charge in [-0.3, -0.25) is 9.78 Å². The van der Waals surface area contributed by atoms with Crippen LogP contribution < -0.4 is 11.1 Å². The highest BCUT2D eigenvalue weighted by atomic mass is 32.2. The van der Waals surface area contributed by atoms with E-state index in [1.807, 2.05) is 0 Å². The third kappa shape index (κ3) is 6.70. The fourth-order valence-electron chi connectivity index (χ4n) is 1.54.